The third kappa shape index (κ3) is 2.43. The largest absolute Gasteiger partial charge is 0.383 e. The van der Waals surface area contributed by atoms with Crippen molar-refractivity contribution in [1.29, 1.82) is 0 Å². The molecule has 0 aliphatic rings. The Balaban J connectivity index is 2.75. The highest BCUT2D eigenvalue weighted by Gasteiger charge is 2.04. The summed E-state index contributed by atoms with van der Waals surface area (Å²) in [5.41, 5.74) is 0.595. The number of allylic oxidation sites excluding steroid dienone is 1. The predicted molar refractivity (Wildman–Crippen MR) is 50.4 cm³/mol. The third-order valence-electron chi connectivity index (χ3n) is 1.59. The number of aryl methyl sites for hydroxylation is 1. The second kappa shape index (κ2) is 3.89. The molecule has 70 valence electrons. The van der Waals surface area contributed by atoms with E-state index in [0.717, 1.165) is 0 Å². The number of ketones is 1. The van der Waals surface area contributed by atoms with E-state index in [1.54, 1.807) is 30.3 Å². The summed E-state index contributed by atoms with van der Waals surface area (Å²) in [7, 11) is 5.53. The first kappa shape index (κ1) is 9.51. The van der Waals surface area contributed by atoms with Crippen LogP contribution in [-0.2, 0) is 7.05 Å². The summed E-state index contributed by atoms with van der Waals surface area (Å²) < 4.78 is 1.70. The summed E-state index contributed by atoms with van der Waals surface area (Å²) in [6.07, 6.45) is 6.41. The van der Waals surface area contributed by atoms with E-state index >= 15 is 0 Å². The van der Waals surface area contributed by atoms with Crippen molar-refractivity contribution in [2.24, 2.45) is 7.05 Å². The highest BCUT2D eigenvalue weighted by molar-refractivity contribution is 6.02. The number of imidazole rings is 1. The molecule has 0 aromatic carbocycles. The van der Waals surface area contributed by atoms with Gasteiger partial charge in [-0.25, -0.2) is 4.98 Å². The van der Waals surface area contributed by atoms with Crippen LogP contribution in [0.5, 0.6) is 0 Å². The SMILES string of the molecule is CN(C)C=CC(=O)c1cncn1C. The molecule has 0 unspecified atom stereocenters. The van der Waals surface area contributed by atoms with Gasteiger partial charge in [0.15, 0.2) is 0 Å². The first-order chi connectivity index (χ1) is 6.11. The number of carbonyl (C=O) groups is 1. The summed E-state index contributed by atoms with van der Waals surface area (Å²) in [4.78, 5) is 17.1. The van der Waals surface area contributed by atoms with Crippen molar-refractivity contribution < 1.29 is 4.79 Å². The zero-order valence-electron chi connectivity index (χ0n) is 8.06. The molecule has 0 radical (unpaired) electrons. The van der Waals surface area contributed by atoms with Gasteiger partial charge in [-0.3, -0.25) is 4.79 Å². The Morgan fingerprint density at radius 3 is 2.77 bits per heavy atom. The average Bonchev–Trinajstić information content (AvgIpc) is 2.47. The standard InChI is InChI=1S/C9H13N3O/c1-11(2)5-4-9(13)8-6-10-7-12(8)3/h4-7H,1-3H3. The molecular formula is C9H13N3O. The average molecular weight is 179 g/mol. The molecule has 1 rings (SSSR count). The Labute approximate surface area is 77.5 Å². The molecule has 1 aromatic heterocycles. The van der Waals surface area contributed by atoms with Gasteiger partial charge in [0.25, 0.3) is 0 Å². The van der Waals surface area contributed by atoms with Gasteiger partial charge >= 0.3 is 0 Å². The second-order valence-electron chi connectivity index (χ2n) is 3.03. The van der Waals surface area contributed by atoms with E-state index in [2.05, 4.69) is 4.98 Å². The van der Waals surface area contributed by atoms with Gasteiger partial charge in [0.1, 0.15) is 5.69 Å². The molecule has 0 saturated carbocycles. The number of carbonyl (C=O) groups excluding carboxylic acids is 1. The van der Waals surface area contributed by atoms with Gasteiger partial charge in [0.2, 0.25) is 5.78 Å². The minimum Gasteiger partial charge on any atom is -0.383 e. The van der Waals surface area contributed by atoms with Crippen molar-refractivity contribution in [3.63, 3.8) is 0 Å². The van der Waals surface area contributed by atoms with Crippen LogP contribution in [0, 0.1) is 0 Å². The minimum atomic E-state index is -0.0336. The molecule has 4 heteroatoms. The lowest BCUT2D eigenvalue weighted by Crippen LogP contribution is -2.05. The normalized spacial score (nSPS) is 10.7. The fraction of sp³-hybridized carbons (Fsp3) is 0.333. The Bertz CT molecular complexity index is 325. The van der Waals surface area contributed by atoms with Crippen LogP contribution in [0.25, 0.3) is 0 Å². The number of rotatable bonds is 3. The number of hydrogen-bond acceptors (Lipinski definition) is 3. The van der Waals surface area contributed by atoms with Crippen molar-refractivity contribution in [2.75, 3.05) is 14.1 Å². The Morgan fingerprint density at radius 2 is 2.31 bits per heavy atom. The molecule has 0 saturated heterocycles. The van der Waals surface area contributed by atoms with Crippen LogP contribution in [0.1, 0.15) is 10.5 Å². The smallest absolute Gasteiger partial charge is 0.205 e. The quantitative estimate of drug-likeness (QED) is 0.506. The van der Waals surface area contributed by atoms with E-state index in [0.29, 0.717) is 5.69 Å². The zero-order valence-corrected chi connectivity index (χ0v) is 8.06. The van der Waals surface area contributed by atoms with Crippen LogP contribution < -0.4 is 0 Å². The van der Waals surface area contributed by atoms with Gasteiger partial charge < -0.3 is 9.47 Å². The summed E-state index contributed by atoms with van der Waals surface area (Å²) in [6, 6.07) is 0. The Morgan fingerprint density at radius 1 is 1.62 bits per heavy atom. The maximum atomic E-state index is 11.5. The number of nitrogens with zero attached hydrogens (tertiary/aromatic N) is 3. The van der Waals surface area contributed by atoms with Crippen molar-refractivity contribution in [2.45, 2.75) is 0 Å². The van der Waals surface area contributed by atoms with Crippen LogP contribution in [-0.4, -0.2) is 34.3 Å². The van der Waals surface area contributed by atoms with Gasteiger partial charge in [0.05, 0.1) is 12.5 Å². The molecular weight excluding hydrogens is 166 g/mol. The van der Waals surface area contributed by atoms with Crippen LogP contribution in [0.2, 0.25) is 0 Å². The Kier molecular flexibility index (Phi) is 2.84. The van der Waals surface area contributed by atoms with Crippen LogP contribution in [0.3, 0.4) is 0 Å². The molecule has 0 spiro atoms. The fourth-order valence-corrected chi connectivity index (χ4v) is 0.897. The molecule has 4 nitrogen and oxygen atoms in total. The van der Waals surface area contributed by atoms with E-state index in [-0.39, 0.29) is 5.78 Å². The fourth-order valence-electron chi connectivity index (χ4n) is 0.897. The topological polar surface area (TPSA) is 38.1 Å². The maximum absolute atomic E-state index is 11.5. The highest BCUT2D eigenvalue weighted by Crippen LogP contribution is 1.98. The van der Waals surface area contributed by atoms with E-state index in [9.17, 15) is 4.79 Å². The lowest BCUT2D eigenvalue weighted by Gasteiger charge is -2.02. The molecule has 0 N–H and O–H groups in total. The van der Waals surface area contributed by atoms with Gasteiger partial charge in [-0.2, -0.15) is 0 Å². The molecule has 0 aliphatic heterocycles. The molecule has 1 heterocycles. The van der Waals surface area contributed by atoms with Gasteiger partial charge in [-0.1, -0.05) is 0 Å². The number of hydrogen-bond donors (Lipinski definition) is 0. The van der Waals surface area contributed by atoms with Crippen molar-refractivity contribution in [3.05, 3.63) is 30.5 Å². The molecule has 0 atom stereocenters. The van der Waals surface area contributed by atoms with Crippen LogP contribution >= 0.6 is 0 Å². The molecule has 0 amide bonds. The van der Waals surface area contributed by atoms with Gasteiger partial charge in [-0.05, 0) is 0 Å². The lowest BCUT2D eigenvalue weighted by atomic mass is 10.3. The summed E-state index contributed by atoms with van der Waals surface area (Å²) in [5, 5.41) is 0. The third-order valence-corrected chi connectivity index (χ3v) is 1.59. The van der Waals surface area contributed by atoms with Crippen molar-refractivity contribution >= 4 is 5.78 Å². The Hall–Kier alpha value is -1.58. The van der Waals surface area contributed by atoms with Crippen LogP contribution in [0.4, 0.5) is 0 Å². The van der Waals surface area contributed by atoms with Gasteiger partial charge in [0, 0.05) is 33.4 Å². The molecule has 13 heavy (non-hydrogen) atoms. The highest BCUT2D eigenvalue weighted by atomic mass is 16.1. The second-order valence-corrected chi connectivity index (χ2v) is 3.03. The first-order valence-electron chi connectivity index (χ1n) is 3.96. The van der Waals surface area contributed by atoms with Crippen LogP contribution in [0.15, 0.2) is 24.8 Å². The summed E-state index contributed by atoms with van der Waals surface area (Å²) in [6.45, 7) is 0. The minimum absolute atomic E-state index is 0.0336. The molecule has 0 aliphatic carbocycles. The van der Waals surface area contributed by atoms with E-state index < -0.39 is 0 Å². The molecule has 0 bridgehead atoms. The molecule has 0 fully saturated rings. The first-order valence-corrected chi connectivity index (χ1v) is 3.96. The van der Waals surface area contributed by atoms with Crippen molar-refractivity contribution in [3.8, 4) is 0 Å². The number of aromatic nitrogens is 2. The summed E-state index contributed by atoms with van der Waals surface area (Å²) >= 11 is 0. The molecule has 1 aromatic rings. The van der Waals surface area contributed by atoms with Gasteiger partial charge in [-0.15, -0.1) is 0 Å². The van der Waals surface area contributed by atoms with E-state index in [1.165, 1.54) is 6.08 Å². The maximum Gasteiger partial charge on any atom is 0.205 e. The van der Waals surface area contributed by atoms with E-state index in [1.807, 2.05) is 19.0 Å². The monoisotopic (exact) mass is 179 g/mol. The van der Waals surface area contributed by atoms with E-state index in [4.69, 9.17) is 0 Å². The lowest BCUT2D eigenvalue weighted by molar-refractivity contribution is 0.103. The summed E-state index contributed by atoms with van der Waals surface area (Å²) in [5.74, 6) is -0.0336. The predicted octanol–water partition coefficient (Wildman–Crippen LogP) is 0.678. The zero-order chi connectivity index (χ0) is 9.84. The van der Waals surface area contributed by atoms with Crippen molar-refractivity contribution in [1.82, 2.24) is 14.5 Å².